The van der Waals surface area contributed by atoms with Gasteiger partial charge in [-0.25, -0.2) is 37.7 Å². The van der Waals surface area contributed by atoms with Gasteiger partial charge in [0.15, 0.2) is 0 Å². The number of hydrogen-bond donors (Lipinski definition) is 6. The summed E-state index contributed by atoms with van der Waals surface area (Å²) in [5, 5.41) is 16.2. The second-order valence-electron chi connectivity index (χ2n) is 12.2. The van der Waals surface area contributed by atoms with Gasteiger partial charge in [0.05, 0.1) is 27.8 Å². The maximum Gasteiger partial charge on any atom is 0.416 e. The Kier molecular flexibility index (Phi) is 10.9. The van der Waals surface area contributed by atoms with Crippen molar-refractivity contribution in [3.63, 3.8) is 0 Å². The lowest BCUT2D eigenvalue weighted by Gasteiger charge is -2.38. The molecule has 0 saturated carbocycles. The standard InChI is InChI=1S/C32H37F5N10O2S/c1-31(41-10-11-47-14-12-46(2)13-15-47)24(19-40-29(45-31)42-22-4-3-5-23(18-22)50(38,39)49)20-6-9-27(26(34)16-20)43-30(48)44-28-17-21(32(35,36)37)7-8-25(28)33/h3-9,16-19,24,41H,10-15H2,1-2H3,(H,42,45)(H3,38,39,49)(H2,43,44,48). The monoisotopic (exact) mass is 720 g/mol. The molecule has 18 heteroatoms. The Hall–Kier alpha value is -4.49. The number of hydrogen-bond acceptors (Lipinski definition) is 9. The predicted molar refractivity (Wildman–Crippen MR) is 183 cm³/mol. The Labute approximate surface area is 286 Å². The van der Waals surface area contributed by atoms with Gasteiger partial charge in [0.1, 0.15) is 27.2 Å². The van der Waals surface area contributed by atoms with Gasteiger partial charge in [0, 0.05) is 51.2 Å². The summed E-state index contributed by atoms with van der Waals surface area (Å²) >= 11 is 0. The molecule has 2 amide bonds. The van der Waals surface area contributed by atoms with Gasteiger partial charge in [-0.3, -0.25) is 10.2 Å². The number of amides is 2. The molecule has 0 aromatic heterocycles. The lowest BCUT2D eigenvalue weighted by Crippen LogP contribution is -2.53. The van der Waals surface area contributed by atoms with Crippen molar-refractivity contribution in [2.45, 2.75) is 29.6 Å². The third-order valence-corrected chi connectivity index (χ3v) is 9.33. The molecule has 0 spiro atoms. The number of alkyl halides is 3. The summed E-state index contributed by atoms with van der Waals surface area (Å²) in [6.45, 7) is 6.76. The van der Waals surface area contributed by atoms with Gasteiger partial charge >= 0.3 is 12.2 Å². The molecule has 12 nitrogen and oxygen atoms in total. The molecule has 2 aliphatic rings. The fourth-order valence-corrected chi connectivity index (χ4v) is 6.14. The van der Waals surface area contributed by atoms with E-state index in [-0.39, 0.29) is 16.5 Å². The Balaban J connectivity index is 1.34. The molecule has 3 unspecified atom stereocenters. The molecule has 7 N–H and O–H groups in total. The Bertz CT molecular complexity index is 1900. The minimum atomic E-state index is -4.76. The van der Waals surface area contributed by atoms with Crippen LogP contribution in [0.5, 0.6) is 0 Å². The molecule has 3 aromatic carbocycles. The van der Waals surface area contributed by atoms with Gasteiger partial charge in [-0.1, -0.05) is 12.1 Å². The predicted octanol–water partition coefficient (Wildman–Crippen LogP) is 5.10. The van der Waals surface area contributed by atoms with Crippen molar-refractivity contribution in [3.8, 4) is 0 Å². The molecule has 1 saturated heterocycles. The van der Waals surface area contributed by atoms with Gasteiger partial charge in [0.25, 0.3) is 0 Å². The summed E-state index contributed by atoms with van der Waals surface area (Å²) in [7, 11) is -1.39. The Morgan fingerprint density at radius 2 is 1.74 bits per heavy atom. The van der Waals surface area contributed by atoms with Crippen molar-refractivity contribution in [3.05, 3.63) is 83.4 Å². The summed E-state index contributed by atoms with van der Waals surface area (Å²) < 4.78 is 88.6. The number of aliphatic imine (C=N–C) groups is 2. The van der Waals surface area contributed by atoms with Crippen molar-refractivity contribution in [1.82, 2.24) is 15.1 Å². The number of nitrogens with two attached hydrogens (primary N) is 1. The van der Waals surface area contributed by atoms with E-state index in [1.807, 2.05) is 12.2 Å². The van der Waals surface area contributed by atoms with Crippen LogP contribution in [0.3, 0.4) is 0 Å². The third kappa shape index (κ3) is 9.19. The maximum absolute atomic E-state index is 15.4. The number of rotatable bonds is 9. The summed E-state index contributed by atoms with van der Waals surface area (Å²) in [5.74, 6) is -2.38. The molecule has 3 atom stereocenters. The van der Waals surface area contributed by atoms with Crippen LogP contribution in [0, 0.1) is 16.4 Å². The molecule has 2 aliphatic heterocycles. The highest BCUT2D eigenvalue weighted by Crippen LogP contribution is 2.34. The summed E-state index contributed by atoms with van der Waals surface area (Å²) in [6.07, 6.45) is -3.17. The molecular formula is C32H37F5N10O2S. The topological polar surface area (TPSA) is 163 Å². The van der Waals surface area contributed by atoms with E-state index in [2.05, 4.69) is 37.8 Å². The van der Waals surface area contributed by atoms with Crippen LogP contribution in [0.15, 0.2) is 75.5 Å². The number of carbonyl (C=O) groups is 1. The van der Waals surface area contributed by atoms with Crippen LogP contribution in [0.25, 0.3) is 0 Å². The fraction of sp³-hybridized carbons (Fsp3) is 0.344. The SMILES string of the molecule is CN1CCN(CCNC2(C)N=C(Nc3cccc(S(=N)(N)=O)c3)N=CC2c2ccc(NC(=O)Nc3cc(C(F)(F)F)ccc3F)c(F)c2)CC1. The number of piperazine rings is 1. The minimum Gasteiger partial charge on any atom is -0.324 e. The molecule has 268 valence electrons. The van der Waals surface area contributed by atoms with Crippen LogP contribution < -0.4 is 26.4 Å². The number of likely N-dealkylation sites (N-methyl/N-ethyl adjacent to an activating group) is 1. The number of nitrogens with zero attached hydrogens (tertiary/aromatic N) is 4. The van der Waals surface area contributed by atoms with Crippen LogP contribution in [0.1, 0.15) is 24.0 Å². The quantitative estimate of drug-likeness (QED) is 0.169. The number of carbonyl (C=O) groups excluding carboxylic acids is 1. The van der Waals surface area contributed by atoms with Crippen molar-refractivity contribution in [1.29, 1.82) is 4.78 Å². The fourth-order valence-electron chi connectivity index (χ4n) is 5.56. The zero-order valence-electron chi connectivity index (χ0n) is 27.2. The summed E-state index contributed by atoms with van der Waals surface area (Å²) in [5.41, 5.74) is -2.36. The molecule has 0 radical (unpaired) electrons. The number of anilines is 3. The zero-order valence-corrected chi connectivity index (χ0v) is 28.0. The normalized spacial score (nSPS) is 21.3. The van der Waals surface area contributed by atoms with E-state index in [1.165, 1.54) is 24.3 Å². The van der Waals surface area contributed by atoms with E-state index in [9.17, 15) is 26.6 Å². The van der Waals surface area contributed by atoms with Gasteiger partial charge < -0.3 is 20.9 Å². The van der Waals surface area contributed by atoms with Crippen LogP contribution in [0.4, 0.5) is 43.8 Å². The first-order chi connectivity index (χ1) is 23.5. The largest absolute Gasteiger partial charge is 0.416 e. The smallest absolute Gasteiger partial charge is 0.324 e. The molecular weight excluding hydrogens is 683 g/mol. The molecule has 2 heterocycles. The number of benzene rings is 3. The molecule has 0 bridgehead atoms. The Morgan fingerprint density at radius 3 is 2.42 bits per heavy atom. The first-order valence-corrected chi connectivity index (χ1v) is 17.1. The first kappa shape index (κ1) is 36.8. The molecule has 3 aromatic rings. The lowest BCUT2D eigenvalue weighted by atomic mass is 9.87. The van der Waals surface area contributed by atoms with Crippen molar-refractivity contribution in [2.75, 3.05) is 62.3 Å². The Morgan fingerprint density at radius 1 is 1.02 bits per heavy atom. The molecule has 5 rings (SSSR count). The number of guanidine groups is 1. The highest BCUT2D eigenvalue weighted by atomic mass is 32.2. The van der Waals surface area contributed by atoms with E-state index >= 15 is 4.39 Å². The van der Waals surface area contributed by atoms with Gasteiger partial charge in [-0.15, -0.1) is 0 Å². The number of urea groups is 1. The number of nitrogens with one attached hydrogen (secondary N) is 5. The van der Waals surface area contributed by atoms with E-state index < -0.39 is 56.6 Å². The van der Waals surface area contributed by atoms with E-state index in [0.29, 0.717) is 36.0 Å². The average molecular weight is 721 g/mol. The van der Waals surface area contributed by atoms with E-state index in [0.717, 1.165) is 32.7 Å². The molecule has 1 fully saturated rings. The number of halogens is 5. The highest BCUT2D eigenvalue weighted by Gasteiger charge is 2.37. The van der Waals surface area contributed by atoms with Crippen LogP contribution in [0.2, 0.25) is 0 Å². The minimum absolute atomic E-state index is 0.117. The van der Waals surface area contributed by atoms with Crippen molar-refractivity contribution >= 4 is 45.2 Å². The second-order valence-corrected chi connectivity index (χ2v) is 13.8. The third-order valence-electron chi connectivity index (χ3n) is 8.38. The van der Waals surface area contributed by atoms with E-state index in [4.69, 9.17) is 14.9 Å². The molecule has 50 heavy (non-hydrogen) atoms. The van der Waals surface area contributed by atoms with Crippen molar-refractivity contribution < 1.29 is 31.0 Å². The lowest BCUT2D eigenvalue weighted by molar-refractivity contribution is -0.137. The summed E-state index contributed by atoms with van der Waals surface area (Å²) in [6, 6.07) is 10.6. The first-order valence-electron chi connectivity index (χ1n) is 15.5. The van der Waals surface area contributed by atoms with Gasteiger partial charge in [0.2, 0.25) is 5.96 Å². The highest BCUT2D eigenvalue weighted by molar-refractivity contribution is 7.90. The summed E-state index contributed by atoms with van der Waals surface area (Å²) in [4.78, 5) is 26.5. The van der Waals surface area contributed by atoms with Crippen LogP contribution in [-0.4, -0.2) is 84.2 Å². The van der Waals surface area contributed by atoms with Gasteiger partial charge in [-0.2, -0.15) is 13.2 Å². The van der Waals surface area contributed by atoms with Crippen LogP contribution in [-0.2, 0) is 16.1 Å². The molecule has 0 aliphatic carbocycles. The zero-order chi connectivity index (χ0) is 36.3. The van der Waals surface area contributed by atoms with Crippen LogP contribution >= 0.6 is 0 Å². The van der Waals surface area contributed by atoms with E-state index in [1.54, 1.807) is 24.4 Å². The maximum atomic E-state index is 15.4. The van der Waals surface area contributed by atoms with Crippen molar-refractivity contribution in [2.24, 2.45) is 15.1 Å². The average Bonchev–Trinajstić information content (AvgIpc) is 3.03. The van der Waals surface area contributed by atoms with Gasteiger partial charge in [-0.05, 0) is 68.1 Å². The second kappa shape index (κ2) is 14.8.